The summed E-state index contributed by atoms with van der Waals surface area (Å²) in [6.07, 6.45) is 1.51. The van der Waals surface area contributed by atoms with Crippen molar-refractivity contribution in [2.24, 2.45) is 0 Å². The minimum atomic E-state index is -0.223. The van der Waals surface area contributed by atoms with E-state index in [1.54, 1.807) is 19.2 Å². The summed E-state index contributed by atoms with van der Waals surface area (Å²) in [5.74, 6) is 0.546. The molecule has 1 saturated heterocycles. The van der Waals surface area contributed by atoms with Crippen LogP contribution in [0.5, 0.6) is 5.75 Å². The number of carbonyl (C=O) groups excluding carboxylic acids is 2. The number of ether oxygens (including phenoxy) is 1. The third kappa shape index (κ3) is 5.29. The van der Waals surface area contributed by atoms with Crippen LogP contribution in [-0.4, -0.2) is 50.0 Å². The number of anilines is 2. The number of amides is 2. The summed E-state index contributed by atoms with van der Waals surface area (Å²) in [6.45, 7) is 5.16. The number of piperazine rings is 1. The highest BCUT2D eigenvalue weighted by molar-refractivity contribution is 9.10. The third-order valence-corrected chi connectivity index (χ3v) is 5.49. The lowest BCUT2D eigenvalue weighted by Gasteiger charge is -2.36. The predicted molar refractivity (Wildman–Crippen MR) is 119 cm³/mol. The number of hydrogen-bond donors (Lipinski definition) is 1. The van der Waals surface area contributed by atoms with Gasteiger partial charge >= 0.3 is 0 Å². The number of nitrogens with zero attached hydrogens (tertiary/aromatic N) is 2. The SMILES string of the molecule is CCCC(=O)N1CCN(c2ccc(NC(=O)c3cc(Br)ccc3OC)cc2)CC1. The summed E-state index contributed by atoms with van der Waals surface area (Å²) in [6, 6.07) is 13.1. The Kier molecular flexibility index (Phi) is 7.14. The quantitative estimate of drug-likeness (QED) is 0.704. The van der Waals surface area contributed by atoms with Gasteiger partial charge in [0.2, 0.25) is 5.91 Å². The summed E-state index contributed by atoms with van der Waals surface area (Å²) in [5.41, 5.74) is 2.28. The average Bonchev–Trinajstić information content (AvgIpc) is 2.74. The number of rotatable bonds is 6. The Morgan fingerprint density at radius 2 is 1.76 bits per heavy atom. The number of methoxy groups -OCH3 is 1. The molecule has 1 fully saturated rings. The molecular formula is C22H26BrN3O3. The summed E-state index contributed by atoms with van der Waals surface area (Å²) in [7, 11) is 1.55. The second kappa shape index (κ2) is 9.78. The molecule has 2 amide bonds. The Morgan fingerprint density at radius 3 is 2.38 bits per heavy atom. The average molecular weight is 460 g/mol. The van der Waals surface area contributed by atoms with Crippen LogP contribution >= 0.6 is 15.9 Å². The molecule has 29 heavy (non-hydrogen) atoms. The van der Waals surface area contributed by atoms with E-state index >= 15 is 0 Å². The van der Waals surface area contributed by atoms with Crippen LogP contribution in [-0.2, 0) is 4.79 Å². The number of benzene rings is 2. The molecule has 0 saturated carbocycles. The van der Waals surface area contributed by atoms with Crippen LogP contribution in [0, 0.1) is 0 Å². The Balaban J connectivity index is 1.60. The van der Waals surface area contributed by atoms with Crippen LogP contribution < -0.4 is 15.0 Å². The Labute approximate surface area is 180 Å². The minimum absolute atomic E-state index is 0.223. The van der Waals surface area contributed by atoms with Crippen LogP contribution in [0.25, 0.3) is 0 Å². The molecule has 0 spiro atoms. The molecule has 0 aliphatic carbocycles. The predicted octanol–water partition coefficient (Wildman–Crippen LogP) is 4.16. The molecule has 154 valence electrons. The molecule has 6 nitrogen and oxygen atoms in total. The highest BCUT2D eigenvalue weighted by Gasteiger charge is 2.20. The van der Waals surface area contributed by atoms with Gasteiger partial charge in [0, 0.05) is 48.4 Å². The highest BCUT2D eigenvalue weighted by atomic mass is 79.9. The molecule has 7 heteroatoms. The molecule has 1 heterocycles. The summed E-state index contributed by atoms with van der Waals surface area (Å²) in [5, 5.41) is 2.92. The van der Waals surface area contributed by atoms with Gasteiger partial charge in [-0.3, -0.25) is 9.59 Å². The fraction of sp³-hybridized carbons (Fsp3) is 0.364. The zero-order valence-corrected chi connectivity index (χ0v) is 18.4. The minimum Gasteiger partial charge on any atom is -0.496 e. The molecule has 0 radical (unpaired) electrons. The monoisotopic (exact) mass is 459 g/mol. The first kappa shape index (κ1) is 21.2. The summed E-state index contributed by atoms with van der Waals surface area (Å²) in [4.78, 5) is 28.9. The Hall–Kier alpha value is -2.54. The smallest absolute Gasteiger partial charge is 0.259 e. The normalized spacial score (nSPS) is 13.9. The van der Waals surface area contributed by atoms with Gasteiger partial charge in [0.15, 0.2) is 0 Å². The zero-order chi connectivity index (χ0) is 20.8. The lowest BCUT2D eigenvalue weighted by atomic mass is 10.1. The lowest BCUT2D eigenvalue weighted by molar-refractivity contribution is -0.131. The number of halogens is 1. The van der Waals surface area contributed by atoms with Crippen molar-refractivity contribution in [2.75, 3.05) is 43.5 Å². The molecule has 1 aliphatic heterocycles. The standard InChI is InChI=1S/C22H26BrN3O3/c1-3-4-21(27)26-13-11-25(12-14-26)18-8-6-17(7-9-18)24-22(28)19-15-16(23)5-10-20(19)29-2/h5-10,15H,3-4,11-14H2,1-2H3,(H,24,28). The number of carbonyl (C=O) groups is 2. The van der Waals surface area contributed by atoms with Gasteiger partial charge in [0.05, 0.1) is 12.7 Å². The highest BCUT2D eigenvalue weighted by Crippen LogP contribution is 2.25. The van der Waals surface area contributed by atoms with E-state index in [9.17, 15) is 9.59 Å². The van der Waals surface area contributed by atoms with Crippen LogP contribution in [0.2, 0.25) is 0 Å². The van der Waals surface area contributed by atoms with Gasteiger partial charge in [-0.25, -0.2) is 0 Å². The topological polar surface area (TPSA) is 61.9 Å². The number of hydrogen-bond acceptors (Lipinski definition) is 4. The maximum atomic E-state index is 12.6. The van der Waals surface area contributed by atoms with Crippen molar-refractivity contribution in [1.82, 2.24) is 4.90 Å². The molecule has 1 aliphatic rings. The molecular weight excluding hydrogens is 434 g/mol. The molecule has 0 bridgehead atoms. The van der Waals surface area contributed by atoms with Crippen LogP contribution in [0.3, 0.4) is 0 Å². The van der Waals surface area contributed by atoms with Crippen molar-refractivity contribution in [3.05, 3.63) is 52.5 Å². The van der Waals surface area contributed by atoms with Gasteiger partial charge in [-0.2, -0.15) is 0 Å². The van der Waals surface area contributed by atoms with E-state index in [4.69, 9.17) is 4.74 Å². The lowest BCUT2D eigenvalue weighted by Crippen LogP contribution is -2.48. The molecule has 0 unspecified atom stereocenters. The van der Waals surface area contributed by atoms with Crippen molar-refractivity contribution >= 4 is 39.1 Å². The van der Waals surface area contributed by atoms with Gasteiger partial charge in [-0.1, -0.05) is 22.9 Å². The first-order valence-corrected chi connectivity index (χ1v) is 10.6. The fourth-order valence-corrected chi connectivity index (χ4v) is 3.76. The molecule has 3 rings (SSSR count). The van der Waals surface area contributed by atoms with Gasteiger partial charge < -0.3 is 19.9 Å². The van der Waals surface area contributed by atoms with Gasteiger partial charge in [0.1, 0.15) is 5.75 Å². The second-order valence-corrected chi connectivity index (χ2v) is 7.88. The van der Waals surface area contributed by atoms with Crippen molar-refractivity contribution < 1.29 is 14.3 Å². The van der Waals surface area contributed by atoms with E-state index < -0.39 is 0 Å². The second-order valence-electron chi connectivity index (χ2n) is 6.96. The van der Waals surface area contributed by atoms with E-state index in [1.165, 1.54) is 0 Å². The molecule has 1 N–H and O–H groups in total. The van der Waals surface area contributed by atoms with Crippen LogP contribution in [0.15, 0.2) is 46.9 Å². The van der Waals surface area contributed by atoms with Crippen molar-refractivity contribution in [3.8, 4) is 5.75 Å². The van der Waals surface area contributed by atoms with Gasteiger partial charge in [0.25, 0.3) is 5.91 Å². The molecule has 2 aromatic rings. The largest absolute Gasteiger partial charge is 0.496 e. The van der Waals surface area contributed by atoms with Gasteiger partial charge in [-0.05, 0) is 48.9 Å². The summed E-state index contributed by atoms with van der Waals surface area (Å²) < 4.78 is 6.10. The Morgan fingerprint density at radius 1 is 1.07 bits per heavy atom. The van der Waals surface area contributed by atoms with Crippen molar-refractivity contribution in [2.45, 2.75) is 19.8 Å². The molecule has 0 atom stereocenters. The maximum Gasteiger partial charge on any atom is 0.259 e. The van der Waals surface area contributed by atoms with Crippen LogP contribution in [0.4, 0.5) is 11.4 Å². The Bertz CT molecular complexity index is 862. The maximum absolute atomic E-state index is 12.6. The van der Waals surface area contributed by atoms with Crippen LogP contribution in [0.1, 0.15) is 30.1 Å². The first-order valence-electron chi connectivity index (χ1n) is 9.79. The van der Waals surface area contributed by atoms with E-state index in [0.717, 1.165) is 48.4 Å². The fourth-order valence-electron chi connectivity index (χ4n) is 3.40. The summed E-state index contributed by atoms with van der Waals surface area (Å²) >= 11 is 3.39. The first-order chi connectivity index (χ1) is 14.0. The van der Waals surface area contributed by atoms with Crippen molar-refractivity contribution in [1.29, 1.82) is 0 Å². The van der Waals surface area contributed by atoms with E-state index in [1.807, 2.05) is 42.2 Å². The van der Waals surface area contributed by atoms with E-state index in [-0.39, 0.29) is 11.8 Å². The third-order valence-electron chi connectivity index (χ3n) is 4.99. The van der Waals surface area contributed by atoms with Crippen molar-refractivity contribution in [3.63, 3.8) is 0 Å². The van der Waals surface area contributed by atoms with E-state index in [0.29, 0.717) is 17.7 Å². The van der Waals surface area contributed by atoms with Gasteiger partial charge in [-0.15, -0.1) is 0 Å². The molecule has 0 aromatic heterocycles. The number of nitrogens with one attached hydrogen (secondary N) is 1. The molecule has 2 aromatic carbocycles. The van der Waals surface area contributed by atoms with E-state index in [2.05, 4.69) is 26.1 Å². The zero-order valence-electron chi connectivity index (χ0n) is 16.8.